The van der Waals surface area contributed by atoms with Crippen LogP contribution in [0.15, 0.2) is 0 Å². The molecule has 0 radical (unpaired) electrons. The minimum atomic E-state index is 0.923. The van der Waals surface area contributed by atoms with Crippen LogP contribution in [-0.4, -0.2) is 0 Å². The summed E-state index contributed by atoms with van der Waals surface area (Å²) in [5, 5.41) is 0. The Morgan fingerprint density at radius 1 is 0.688 bits per heavy atom. The molecule has 2 fully saturated rings. The summed E-state index contributed by atoms with van der Waals surface area (Å²) in [6, 6.07) is 0. The van der Waals surface area contributed by atoms with Gasteiger partial charge in [0.05, 0.1) is 0 Å². The van der Waals surface area contributed by atoms with Crippen molar-refractivity contribution in [3.8, 4) is 0 Å². The summed E-state index contributed by atoms with van der Waals surface area (Å²) >= 11 is 0. The lowest BCUT2D eigenvalue weighted by molar-refractivity contribution is 0.135. The van der Waals surface area contributed by atoms with Crippen LogP contribution in [0.3, 0.4) is 0 Å². The average molecular weight is 222 g/mol. The predicted molar refractivity (Wildman–Crippen MR) is 71.4 cm³/mol. The Balaban J connectivity index is 1.76. The molecule has 0 aromatic heterocycles. The molecule has 0 heteroatoms. The van der Waals surface area contributed by atoms with E-state index in [1.807, 2.05) is 0 Å². The topological polar surface area (TPSA) is 0 Å². The van der Waals surface area contributed by atoms with Crippen molar-refractivity contribution in [3.63, 3.8) is 0 Å². The molecule has 2 aliphatic carbocycles. The molecule has 2 saturated carbocycles. The molecule has 0 spiro atoms. The van der Waals surface area contributed by atoms with E-state index in [2.05, 4.69) is 20.8 Å². The van der Waals surface area contributed by atoms with E-state index in [-0.39, 0.29) is 0 Å². The van der Waals surface area contributed by atoms with Crippen molar-refractivity contribution in [2.75, 3.05) is 0 Å². The summed E-state index contributed by atoms with van der Waals surface area (Å²) in [7, 11) is 0. The van der Waals surface area contributed by atoms with E-state index in [9.17, 15) is 0 Å². The molecule has 0 bridgehead atoms. The molecule has 16 heavy (non-hydrogen) atoms. The molecule has 0 aromatic carbocycles. The fourth-order valence-corrected chi connectivity index (χ4v) is 4.04. The van der Waals surface area contributed by atoms with Gasteiger partial charge in [0, 0.05) is 0 Å². The second-order valence-corrected chi connectivity index (χ2v) is 6.94. The zero-order valence-corrected chi connectivity index (χ0v) is 11.5. The Kier molecular flexibility index (Phi) is 4.33. The molecule has 2 rings (SSSR count). The summed E-state index contributed by atoms with van der Waals surface area (Å²) in [5.41, 5.74) is 0. The average Bonchev–Trinajstić information content (AvgIpc) is 2.30. The van der Waals surface area contributed by atoms with Gasteiger partial charge in [0.15, 0.2) is 0 Å². The van der Waals surface area contributed by atoms with Gasteiger partial charge in [-0.3, -0.25) is 0 Å². The highest BCUT2D eigenvalue weighted by Crippen LogP contribution is 2.42. The normalized spacial score (nSPS) is 41.2. The first-order valence-electron chi connectivity index (χ1n) is 7.66. The minimum Gasteiger partial charge on any atom is -0.0625 e. The molecule has 94 valence electrons. The zero-order valence-electron chi connectivity index (χ0n) is 11.5. The van der Waals surface area contributed by atoms with E-state index in [1.54, 1.807) is 12.8 Å². The van der Waals surface area contributed by atoms with Crippen molar-refractivity contribution in [3.05, 3.63) is 0 Å². The third-order valence-electron chi connectivity index (χ3n) is 5.49. The highest BCUT2D eigenvalue weighted by Gasteiger charge is 2.30. The van der Waals surface area contributed by atoms with Crippen LogP contribution in [-0.2, 0) is 0 Å². The van der Waals surface area contributed by atoms with E-state index in [1.165, 1.54) is 38.5 Å². The molecule has 0 nitrogen and oxygen atoms in total. The standard InChI is InChI=1S/C16H30/c1-12(2)14-8-10-16(11-9-14)15-6-4-13(3)5-7-15/h12-16H,4-11H2,1-3H3. The Hall–Kier alpha value is 0. The second-order valence-electron chi connectivity index (χ2n) is 6.94. The zero-order chi connectivity index (χ0) is 11.5. The SMILES string of the molecule is CC1CCC(C2CCC(C(C)C)CC2)CC1. The van der Waals surface area contributed by atoms with Crippen LogP contribution in [0.4, 0.5) is 0 Å². The highest BCUT2D eigenvalue weighted by molar-refractivity contribution is 4.81. The van der Waals surface area contributed by atoms with E-state index in [4.69, 9.17) is 0 Å². The lowest BCUT2D eigenvalue weighted by atomic mass is 9.68. The molecule has 0 saturated heterocycles. The van der Waals surface area contributed by atoms with Crippen molar-refractivity contribution < 1.29 is 0 Å². The Morgan fingerprint density at radius 3 is 1.56 bits per heavy atom. The fraction of sp³-hybridized carbons (Fsp3) is 1.00. The summed E-state index contributed by atoms with van der Waals surface area (Å²) in [6.07, 6.45) is 12.2. The molecule has 0 aromatic rings. The Labute approximate surface area is 102 Å². The Bertz CT molecular complexity index is 190. The molecule has 0 heterocycles. The van der Waals surface area contributed by atoms with Gasteiger partial charge in [0.1, 0.15) is 0 Å². The van der Waals surface area contributed by atoms with Gasteiger partial charge in [-0.15, -0.1) is 0 Å². The number of hydrogen-bond donors (Lipinski definition) is 0. The molecule has 0 atom stereocenters. The van der Waals surface area contributed by atoms with Crippen LogP contribution in [0.5, 0.6) is 0 Å². The number of rotatable bonds is 2. The quantitative estimate of drug-likeness (QED) is 0.596. The molecular formula is C16H30. The lowest BCUT2D eigenvalue weighted by Gasteiger charge is -2.38. The second kappa shape index (κ2) is 5.56. The predicted octanol–water partition coefficient (Wildman–Crippen LogP) is 5.28. The Morgan fingerprint density at radius 2 is 1.12 bits per heavy atom. The first kappa shape index (κ1) is 12.5. The maximum absolute atomic E-state index is 2.44. The third-order valence-corrected chi connectivity index (χ3v) is 5.49. The van der Waals surface area contributed by atoms with Gasteiger partial charge in [0.2, 0.25) is 0 Å². The summed E-state index contributed by atoms with van der Waals surface area (Å²) in [5.74, 6) is 5.18. The van der Waals surface area contributed by atoms with Gasteiger partial charge >= 0.3 is 0 Å². The van der Waals surface area contributed by atoms with Crippen molar-refractivity contribution in [2.45, 2.75) is 72.1 Å². The first-order valence-corrected chi connectivity index (χ1v) is 7.66. The van der Waals surface area contributed by atoms with E-state index in [0.29, 0.717) is 0 Å². The van der Waals surface area contributed by atoms with Gasteiger partial charge in [0.25, 0.3) is 0 Å². The van der Waals surface area contributed by atoms with Gasteiger partial charge in [-0.05, 0) is 68.1 Å². The molecule has 0 aliphatic heterocycles. The maximum atomic E-state index is 2.44. The van der Waals surface area contributed by atoms with Crippen molar-refractivity contribution >= 4 is 0 Å². The summed E-state index contributed by atoms with van der Waals surface area (Å²) in [4.78, 5) is 0. The van der Waals surface area contributed by atoms with Crippen LogP contribution in [0.25, 0.3) is 0 Å². The number of hydrogen-bond acceptors (Lipinski definition) is 0. The molecule has 0 unspecified atom stereocenters. The van der Waals surface area contributed by atoms with E-state index >= 15 is 0 Å². The molecule has 0 N–H and O–H groups in total. The molecule has 2 aliphatic rings. The van der Waals surface area contributed by atoms with Crippen molar-refractivity contribution in [1.29, 1.82) is 0 Å². The van der Waals surface area contributed by atoms with E-state index < -0.39 is 0 Å². The van der Waals surface area contributed by atoms with Gasteiger partial charge in [-0.25, -0.2) is 0 Å². The summed E-state index contributed by atoms with van der Waals surface area (Å²) < 4.78 is 0. The van der Waals surface area contributed by atoms with E-state index in [0.717, 1.165) is 29.6 Å². The van der Waals surface area contributed by atoms with Crippen LogP contribution < -0.4 is 0 Å². The molecular weight excluding hydrogens is 192 g/mol. The van der Waals surface area contributed by atoms with Gasteiger partial charge < -0.3 is 0 Å². The van der Waals surface area contributed by atoms with Crippen LogP contribution in [0.1, 0.15) is 72.1 Å². The highest BCUT2D eigenvalue weighted by atomic mass is 14.4. The maximum Gasteiger partial charge on any atom is -0.0386 e. The van der Waals surface area contributed by atoms with Gasteiger partial charge in [-0.2, -0.15) is 0 Å². The van der Waals surface area contributed by atoms with Gasteiger partial charge in [-0.1, -0.05) is 33.6 Å². The third kappa shape index (κ3) is 3.02. The largest absolute Gasteiger partial charge is 0.0625 e. The van der Waals surface area contributed by atoms with Crippen LogP contribution in [0, 0.1) is 29.6 Å². The first-order chi connectivity index (χ1) is 7.66. The smallest absolute Gasteiger partial charge is 0.0386 e. The van der Waals surface area contributed by atoms with Crippen LogP contribution >= 0.6 is 0 Å². The summed E-state index contributed by atoms with van der Waals surface area (Å²) in [6.45, 7) is 7.26. The minimum absolute atomic E-state index is 0.923. The van der Waals surface area contributed by atoms with Crippen molar-refractivity contribution in [1.82, 2.24) is 0 Å². The monoisotopic (exact) mass is 222 g/mol. The van der Waals surface area contributed by atoms with Crippen LogP contribution in [0.2, 0.25) is 0 Å². The fourth-order valence-electron chi connectivity index (χ4n) is 4.04. The molecule has 0 amide bonds. The lowest BCUT2D eigenvalue weighted by Crippen LogP contribution is -2.26. The van der Waals surface area contributed by atoms with Crippen molar-refractivity contribution in [2.24, 2.45) is 29.6 Å².